The van der Waals surface area contributed by atoms with Crippen molar-refractivity contribution in [2.45, 2.75) is 25.7 Å². The molecule has 6 nitrogen and oxygen atoms in total. The Morgan fingerprint density at radius 1 is 1.28 bits per heavy atom. The Morgan fingerprint density at radius 3 is 2.64 bits per heavy atom. The van der Waals surface area contributed by atoms with Gasteiger partial charge in [0.1, 0.15) is 6.54 Å². The maximum atomic E-state index is 12.1. The third kappa shape index (κ3) is 6.84. The van der Waals surface area contributed by atoms with Crippen molar-refractivity contribution < 1.29 is 13.2 Å². The number of carbonyl (C=O) groups excluding carboxylic acids is 1. The van der Waals surface area contributed by atoms with E-state index in [0.29, 0.717) is 17.3 Å². The lowest BCUT2D eigenvalue weighted by Gasteiger charge is -2.26. The highest BCUT2D eigenvalue weighted by molar-refractivity contribution is 7.92. The summed E-state index contributed by atoms with van der Waals surface area (Å²) in [5.74, 6) is -0.316. The van der Waals surface area contributed by atoms with Crippen LogP contribution in [0.2, 0.25) is 5.02 Å². The van der Waals surface area contributed by atoms with Gasteiger partial charge >= 0.3 is 0 Å². The smallest absolute Gasteiger partial charge is 0.240 e. The van der Waals surface area contributed by atoms with E-state index in [-0.39, 0.29) is 12.5 Å². The highest BCUT2D eigenvalue weighted by Gasteiger charge is 2.21. The summed E-state index contributed by atoms with van der Waals surface area (Å²) in [5.41, 5.74) is 0.387. The molecule has 1 saturated heterocycles. The van der Waals surface area contributed by atoms with Crippen LogP contribution in [-0.2, 0) is 14.8 Å². The molecule has 140 valence electrons. The lowest BCUT2D eigenvalue weighted by Crippen LogP contribution is -2.41. The van der Waals surface area contributed by atoms with E-state index in [9.17, 15) is 13.2 Å². The van der Waals surface area contributed by atoms with Gasteiger partial charge < -0.3 is 10.2 Å². The number of likely N-dealkylation sites (tertiary alicyclic amines) is 1. The molecule has 1 aliphatic rings. The number of hydrogen-bond acceptors (Lipinski definition) is 4. The summed E-state index contributed by atoms with van der Waals surface area (Å²) < 4.78 is 25.1. The second-order valence-electron chi connectivity index (χ2n) is 6.36. The van der Waals surface area contributed by atoms with E-state index in [2.05, 4.69) is 10.2 Å². The van der Waals surface area contributed by atoms with E-state index in [0.717, 1.165) is 36.6 Å². The molecule has 1 heterocycles. The van der Waals surface area contributed by atoms with Crippen LogP contribution < -0.4 is 9.62 Å². The molecule has 1 aliphatic heterocycles. The minimum atomic E-state index is -3.57. The summed E-state index contributed by atoms with van der Waals surface area (Å²) >= 11 is 5.93. The van der Waals surface area contributed by atoms with Crippen LogP contribution >= 0.6 is 11.6 Å². The van der Waals surface area contributed by atoms with Crippen molar-refractivity contribution in [3.63, 3.8) is 0 Å². The number of amides is 1. The van der Waals surface area contributed by atoms with Gasteiger partial charge in [-0.15, -0.1) is 0 Å². The van der Waals surface area contributed by atoms with E-state index in [1.54, 1.807) is 18.2 Å². The molecule has 8 heteroatoms. The molecule has 1 fully saturated rings. The lowest BCUT2D eigenvalue weighted by molar-refractivity contribution is -0.119. The molecule has 0 radical (unpaired) electrons. The van der Waals surface area contributed by atoms with Gasteiger partial charge in [-0.2, -0.15) is 0 Å². The van der Waals surface area contributed by atoms with Crippen LogP contribution in [-0.4, -0.2) is 58.2 Å². The fraction of sp³-hybridized carbons (Fsp3) is 0.588. The zero-order valence-corrected chi connectivity index (χ0v) is 16.2. The zero-order valence-electron chi connectivity index (χ0n) is 14.6. The van der Waals surface area contributed by atoms with Crippen LogP contribution in [0, 0.1) is 0 Å². The van der Waals surface area contributed by atoms with E-state index >= 15 is 0 Å². The van der Waals surface area contributed by atoms with Crippen molar-refractivity contribution in [2.75, 3.05) is 43.3 Å². The summed E-state index contributed by atoms with van der Waals surface area (Å²) in [5, 5.41) is 3.23. The summed E-state index contributed by atoms with van der Waals surface area (Å²) in [6.45, 7) is 3.52. The highest BCUT2D eigenvalue weighted by atomic mass is 35.5. The molecule has 0 unspecified atom stereocenters. The van der Waals surface area contributed by atoms with Gasteiger partial charge in [0, 0.05) is 11.6 Å². The van der Waals surface area contributed by atoms with E-state index in [4.69, 9.17) is 11.6 Å². The fourth-order valence-electron chi connectivity index (χ4n) is 2.93. The Bertz CT molecular complexity index is 675. The molecule has 0 atom stereocenters. The molecule has 0 bridgehead atoms. The number of hydrogen-bond donors (Lipinski definition) is 1. The summed E-state index contributed by atoms with van der Waals surface area (Å²) in [7, 11) is -3.57. The molecule has 1 amide bonds. The molecular formula is C17H26ClN3O3S. The van der Waals surface area contributed by atoms with Crippen LogP contribution in [0.15, 0.2) is 24.3 Å². The van der Waals surface area contributed by atoms with Crippen LogP contribution in [0.25, 0.3) is 0 Å². The number of sulfonamides is 1. The summed E-state index contributed by atoms with van der Waals surface area (Å²) in [6, 6.07) is 6.47. The first-order valence-electron chi connectivity index (χ1n) is 8.58. The first-order chi connectivity index (χ1) is 11.9. The Labute approximate surface area is 155 Å². The third-order valence-electron chi connectivity index (χ3n) is 4.21. The minimum Gasteiger partial charge on any atom is -0.354 e. The van der Waals surface area contributed by atoms with Crippen molar-refractivity contribution in [1.82, 2.24) is 10.2 Å². The van der Waals surface area contributed by atoms with Gasteiger partial charge in [0.05, 0.1) is 11.9 Å². The molecule has 0 saturated carbocycles. The summed E-state index contributed by atoms with van der Waals surface area (Å²) in [6.07, 6.45) is 5.74. The number of benzene rings is 1. The van der Waals surface area contributed by atoms with Crippen LogP contribution in [0.3, 0.4) is 0 Å². The predicted octanol–water partition coefficient (Wildman–Crippen LogP) is 2.10. The Balaban J connectivity index is 1.83. The largest absolute Gasteiger partial charge is 0.354 e. The molecular weight excluding hydrogens is 362 g/mol. The van der Waals surface area contributed by atoms with E-state index < -0.39 is 10.0 Å². The number of anilines is 1. The van der Waals surface area contributed by atoms with Gasteiger partial charge in [-0.05, 0) is 57.1 Å². The highest BCUT2D eigenvalue weighted by Crippen LogP contribution is 2.21. The van der Waals surface area contributed by atoms with Gasteiger partial charge in [0.15, 0.2) is 0 Å². The third-order valence-corrected chi connectivity index (χ3v) is 5.58. The second kappa shape index (κ2) is 9.40. The zero-order chi connectivity index (χ0) is 18.3. The molecule has 1 aromatic rings. The lowest BCUT2D eigenvalue weighted by atomic mass is 10.1. The first kappa shape index (κ1) is 20.0. The number of carbonyl (C=O) groups is 1. The van der Waals surface area contributed by atoms with Crippen molar-refractivity contribution >= 4 is 33.2 Å². The SMILES string of the molecule is CS(=O)(=O)N(CC(=O)NCCCN1CCCCC1)c1cccc(Cl)c1. The normalized spacial score (nSPS) is 15.8. The van der Waals surface area contributed by atoms with Crippen molar-refractivity contribution in [3.8, 4) is 0 Å². The first-order valence-corrected chi connectivity index (χ1v) is 10.8. The molecule has 1 N–H and O–H groups in total. The number of rotatable bonds is 8. The number of nitrogens with one attached hydrogen (secondary N) is 1. The van der Waals surface area contributed by atoms with Gasteiger partial charge in [0.2, 0.25) is 15.9 Å². The molecule has 1 aromatic carbocycles. The number of halogens is 1. The monoisotopic (exact) mass is 387 g/mol. The van der Waals surface area contributed by atoms with Crippen molar-refractivity contribution in [3.05, 3.63) is 29.3 Å². The van der Waals surface area contributed by atoms with E-state index in [1.165, 1.54) is 25.3 Å². The molecule has 25 heavy (non-hydrogen) atoms. The second-order valence-corrected chi connectivity index (χ2v) is 8.70. The van der Waals surface area contributed by atoms with Crippen molar-refractivity contribution in [2.24, 2.45) is 0 Å². The average Bonchev–Trinajstić information content (AvgIpc) is 2.56. The molecule has 0 spiro atoms. The number of nitrogens with zero attached hydrogens (tertiary/aromatic N) is 2. The van der Waals surface area contributed by atoms with Crippen LogP contribution in [0.4, 0.5) is 5.69 Å². The van der Waals surface area contributed by atoms with Gasteiger partial charge in [-0.3, -0.25) is 9.10 Å². The fourth-order valence-corrected chi connectivity index (χ4v) is 3.96. The van der Waals surface area contributed by atoms with Gasteiger partial charge in [-0.25, -0.2) is 8.42 Å². The predicted molar refractivity (Wildman–Crippen MR) is 102 cm³/mol. The van der Waals surface area contributed by atoms with Crippen molar-refractivity contribution in [1.29, 1.82) is 0 Å². The maximum absolute atomic E-state index is 12.1. The maximum Gasteiger partial charge on any atom is 0.240 e. The topological polar surface area (TPSA) is 69.7 Å². The summed E-state index contributed by atoms with van der Waals surface area (Å²) in [4.78, 5) is 14.6. The molecule has 0 aliphatic carbocycles. The Morgan fingerprint density at radius 2 is 2.00 bits per heavy atom. The average molecular weight is 388 g/mol. The Hall–Kier alpha value is -1.31. The number of piperidine rings is 1. The van der Waals surface area contributed by atoms with Gasteiger partial charge in [0.25, 0.3) is 0 Å². The standard InChI is InChI=1S/C17H26ClN3O3S/c1-25(23,24)21(16-8-5-7-15(18)13-16)14-17(22)19-9-6-12-20-10-3-2-4-11-20/h5,7-8,13H,2-4,6,9-12,14H2,1H3,(H,19,22). The van der Waals surface area contributed by atoms with Crippen LogP contribution in [0.1, 0.15) is 25.7 Å². The van der Waals surface area contributed by atoms with Crippen LogP contribution in [0.5, 0.6) is 0 Å². The quantitative estimate of drug-likeness (QED) is 0.693. The minimum absolute atomic E-state index is 0.247. The van der Waals surface area contributed by atoms with E-state index in [1.807, 2.05) is 0 Å². The molecule has 0 aromatic heterocycles. The molecule has 2 rings (SSSR count). The Kier molecular flexibility index (Phi) is 7.53. The van der Waals surface area contributed by atoms with Gasteiger partial charge in [-0.1, -0.05) is 24.1 Å².